The van der Waals surface area contributed by atoms with Crippen molar-refractivity contribution in [1.82, 2.24) is 10.2 Å². The fraction of sp³-hybridized carbons (Fsp3) is 0.933. The van der Waals surface area contributed by atoms with E-state index in [4.69, 9.17) is 5.73 Å². The molecule has 0 spiro atoms. The molecule has 0 heterocycles. The van der Waals surface area contributed by atoms with Crippen LogP contribution in [0.5, 0.6) is 0 Å². The fourth-order valence-corrected chi connectivity index (χ4v) is 2.23. The van der Waals surface area contributed by atoms with Gasteiger partial charge in [-0.3, -0.25) is 4.79 Å². The topological polar surface area (TPSA) is 58.4 Å². The zero-order valence-electron chi connectivity index (χ0n) is 13.6. The number of nitrogens with one attached hydrogen (secondary N) is 1. The molecule has 0 aromatic rings. The normalized spacial score (nSPS) is 16.6. The van der Waals surface area contributed by atoms with Gasteiger partial charge in [-0.2, -0.15) is 0 Å². The molecule has 0 fully saturated rings. The van der Waals surface area contributed by atoms with Gasteiger partial charge in [0.15, 0.2) is 0 Å². The molecule has 0 radical (unpaired) electrons. The summed E-state index contributed by atoms with van der Waals surface area (Å²) in [6.45, 7) is 15.6. The van der Waals surface area contributed by atoms with Crippen molar-refractivity contribution in [3.63, 3.8) is 0 Å². The van der Waals surface area contributed by atoms with Crippen molar-refractivity contribution in [2.24, 2.45) is 11.7 Å². The van der Waals surface area contributed by atoms with Crippen molar-refractivity contribution < 1.29 is 4.79 Å². The Bertz CT molecular complexity index is 268. The molecule has 19 heavy (non-hydrogen) atoms. The first kappa shape index (κ1) is 18.4. The van der Waals surface area contributed by atoms with Gasteiger partial charge in [-0.05, 0) is 39.7 Å². The number of carbonyl (C=O) groups excluding carboxylic acids is 1. The van der Waals surface area contributed by atoms with Crippen LogP contribution in [0.25, 0.3) is 0 Å². The number of nitrogens with two attached hydrogens (primary N) is 1. The smallest absolute Gasteiger partial charge is 0.237 e. The van der Waals surface area contributed by atoms with Crippen LogP contribution in [0.15, 0.2) is 0 Å². The summed E-state index contributed by atoms with van der Waals surface area (Å²) in [5.74, 6) is 0.429. The summed E-state index contributed by atoms with van der Waals surface area (Å²) in [6.07, 6.45) is 1.94. The minimum Gasteiger partial charge on any atom is -0.368 e. The van der Waals surface area contributed by atoms with Crippen LogP contribution in [0.4, 0.5) is 0 Å². The third-order valence-electron chi connectivity index (χ3n) is 3.79. The van der Waals surface area contributed by atoms with Crippen molar-refractivity contribution in [1.29, 1.82) is 0 Å². The molecule has 2 unspecified atom stereocenters. The third-order valence-corrected chi connectivity index (χ3v) is 3.79. The molecule has 0 bridgehead atoms. The van der Waals surface area contributed by atoms with Crippen LogP contribution in [-0.2, 0) is 4.79 Å². The Labute approximate surface area is 119 Å². The highest BCUT2D eigenvalue weighted by Gasteiger charge is 2.31. The number of nitrogens with zero attached hydrogens (tertiary/aromatic N) is 1. The standard InChI is InChI=1S/C15H33N3O/c1-7-13(5)11-18(8-2)10-9-15(6,14(16)19)17-12(3)4/h12-13,17H,7-11H2,1-6H3,(H2,16,19). The second kappa shape index (κ2) is 8.54. The summed E-state index contributed by atoms with van der Waals surface area (Å²) in [7, 11) is 0. The summed E-state index contributed by atoms with van der Waals surface area (Å²) in [6, 6.07) is 0.252. The van der Waals surface area contributed by atoms with Gasteiger partial charge >= 0.3 is 0 Å². The maximum atomic E-state index is 11.7. The van der Waals surface area contributed by atoms with Gasteiger partial charge in [0.25, 0.3) is 0 Å². The number of hydrogen-bond acceptors (Lipinski definition) is 3. The molecule has 2 atom stereocenters. The van der Waals surface area contributed by atoms with Crippen LogP contribution >= 0.6 is 0 Å². The van der Waals surface area contributed by atoms with Crippen LogP contribution in [0.1, 0.15) is 54.4 Å². The Hall–Kier alpha value is -0.610. The predicted molar refractivity (Wildman–Crippen MR) is 82.1 cm³/mol. The van der Waals surface area contributed by atoms with E-state index >= 15 is 0 Å². The Morgan fingerprint density at radius 1 is 1.32 bits per heavy atom. The number of rotatable bonds is 10. The highest BCUT2D eigenvalue weighted by Crippen LogP contribution is 2.13. The summed E-state index contributed by atoms with van der Waals surface area (Å²) in [5, 5.41) is 3.30. The second-order valence-electron chi connectivity index (χ2n) is 6.15. The molecule has 1 amide bonds. The van der Waals surface area contributed by atoms with Gasteiger partial charge in [-0.1, -0.05) is 27.2 Å². The van der Waals surface area contributed by atoms with Crippen molar-refractivity contribution in [2.75, 3.05) is 19.6 Å². The Morgan fingerprint density at radius 2 is 1.89 bits per heavy atom. The summed E-state index contributed by atoms with van der Waals surface area (Å²) in [5.41, 5.74) is 4.94. The molecular weight excluding hydrogens is 238 g/mol. The monoisotopic (exact) mass is 271 g/mol. The Morgan fingerprint density at radius 3 is 2.26 bits per heavy atom. The van der Waals surface area contributed by atoms with Crippen molar-refractivity contribution in [3.05, 3.63) is 0 Å². The maximum absolute atomic E-state index is 11.7. The van der Waals surface area contributed by atoms with E-state index in [1.807, 2.05) is 20.8 Å². The lowest BCUT2D eigenvalue weighted by Gasteiger charge is -2.33. The molecule has 4 heteroatoms. The average Bonchev–Trinajstić information content (AvgIpc) is 2.32. The van der Waals surface area contributed by atoms with Crippen LogP contribution in [0.2, 0.25) is 0 Å². The third kappa shape index (κ3) is 6.92. The Kier molecular flexibility index (Phi) is 8.26. The van der Waals surface area contributed by atoms with E-state index in [1.165, 1.54) is 6.42 Å². The zero-order chi connectivity index (χ0) is 15.1. The van der Waals surface area contributed by atoms with E-state index in [1.54, 1.807) is 0 Å². The number of amides is 1. The lowest BCUT2D eigenvalue weighted by atomic mass is 9.95. The first-order chi connectivity index (χ1) is 8.75. The average molecular weight is 271 g/mol. The largest absolute Gasteiger partial charge is 0.368 e. The van der Waals surface area contributed by atoms with Crippen molar-refractivity contribution in [3.8, 4) is 0 Å². The summed E-state index contributed by atoms with van der Waals surface area (Å²) < 4.78 is 0. The second-order valence-corrected chi connectivity index (χ2v) is 6.15. The van der Waals surface area contributed by atoms with Gasteiger partial charge in [-0.25, -0.2) is 0 Å². The molecule has 114 valence electrons. The lowest BCUT2D eigenvalue weighted by molar-refractivity contribution is -0.124. The molecule has 3 N–H and O–H groups in total. The summed E-state index contributed by atoms with van der Waals surface area (Å²) in [4.78, 5) is 14.1. The number of primary amides is 1. The highest BCUT2D eigenvalue weighted by atomic mass is 16.1. The van der Waals surface area contributed by atoms with E-state index < -0.39 is 5.54 Å². The number of hydrogen-bond donors (Lipinski definition) is 2. The predicted octanol–water partition coefficient (Wildman–Crippen LogP) is 1.99. The molecule has 0 aliphatic rings. The molecular formula is C15H33N3O. The van der Waals surface area contributed by atoms with Crippen LogP contribution in [0, 0.1) is 5.92 Å². The van der Waals surface area contributed by atoms with Crippen LogP contribution < -0.4 is 11.1 Å². The fourth-order valence-electron chi connectivity index (χ4n) is 2.23. The zero-order valence-corrected chi connectivity index (χ0v) is 13.6. The van der Waals surface area contributed by atoms with E-state index in [-0.39, 0.29) is 11.9 Å². The van der Waals surface area contributed by atoms with Gasteiger partial charge < -0.3 is 16.0 Å². The Balaban J connectivity index is 4.48. The van der Waals surface area contributed by atoms with Gasteiger partial charge in [0.2, 0.25) is 5.91 Å². The van der Waals surface area contributed by atoms with Gasteiger partial charge in [0.05, 0.1) is 5.54 Å². The quantitative estimate of drug-likeness (QED) is 0.639. The molecule has 0 aliphatic heterocycles. The van der Waals surface area contributed by atoms with E-state index in [0.29, 0.717) is 5.92 Å². The summed E-state index contributed by atoms with van der Waals surface area (Å²) >= 11 is 0. The van der Waals surface area contributed by atoms with E-state index in [0.717, 1.165) is 26.1 Å². The number of carbonyl (C=O) groups is 1. The molecule has 0 aromatic heterocycles. The molecule has 0 saturated carbocycles. The molecule has 0 aliphatic carbocycles. The lowest BCUT2D eigenvalue weighted by Crippen LogP contribution is -2.56. The molecule has 0 saturated heterocycles. The van der Waals surface area contributed by atoms with Gasteiger partial charge in [0, 0.05) is 19.1 Å². The van der Waals surface area contributed by atoms with Crippen molar-refractivity contribution in [2.45, 2.75) is 66.0 Å². The van der Waals surface area contributed by atoms with Gasteiger partial charge in [-0.15, -0.1) is 0 Å². The minimum atomic E-state index is -0.614. The SMILES string of the molecule is CCC(C)CN(CC)CCC(C)(NC(C)C)C(N)=O. The maximum Gasteiger partial charge on any atom is 0.237 e. The van der Waals surface area contributed by atoms with E-state index in [2.05, 4.69) is 31.0 Å². The van der Waals surface area contributed by atoms with Gasteiger partial charge in [0.1, 0.15) is 0 Å². The molecule has 4 nitrogen and oxygen atoms in total. The molecule has 0 rings (SSSR count). The van der Waals surface area contributed by atoms with Crippen molar-refractivity contribution >= 4 is 5.91 Å². The van der Waals surface area contributed by atoms with Crippen LogP contribution in [0.3, 0.4) is 0 Å². The molecule has 0 aromatic carbocycles. The minimum absolute atomic E-state index is 0.252. The first-order valence-electron chi connectivity index (χ1n) is 7.55. The first-order valence-corrected chi connectivity index (χ1v) is 7.55. The highest BCUT2D eigenvalue weighted by molar-refractivity contribution is 5.84. The van der Waals surface area contributed by atoms with Crippen LogP contribution in [-0.4, -0.2) is 42.0 Å². The van der Waals surface area contributed by atoms with E-state index in [9.17, 15) is 4.79 Å².